The maximum atomic E-state index is 10.9. The normalized spacial score (nSPS) is 12.5. The molecule has 3 N–H and O–H groups in total. The van der Waals surface area contributed by atoms with Crippen LogP contribution >= 0.6 is 0 Å². The van der Waals surface area contributed by atoms with Crippen LogP contribution in [0.2, 0.25) is 0 Å². The first-order chi connectivity index (χ1) is 6.13. The van der Waals surface area contributed by atoms with Crippen molar-refractivity contribution in [2.45, 2.75) is 19.5 Å². The van der Waals surface area contributed by atoms with Crippen molar-refractivity contribution >= 4 is 5.91 Å². The van der Waals surface area contributed by atoms with E-state index < -0.39 is 0 Å². The van der Waals surface area contributed by atoms with Gasteiger partial charge in [0.1, 0.15) is 6.54 Å². The molecule has 0 fully saturated rings. The van der Waals surface area contributed by atoms with Crippen LogP contribution in [0.1, 0.15) is 18.7 Å². The molecule has 1 amide bonds. The third kappa shape index (κ3) is 2.51. The summed E-state index contributed by atoms with van der Waals surface area (Å²) in [6, 6.07) is -0.154. The molecule has 1 unspecified atom stereocenters. The van der Waals surface area contributed by atoms with Crippen LogP contribution < -0.4 is 11.1 Å². The van der Waals surface area contributed by atoms with Crippen molar-refractivity contribution in [3.05, 3.63) is 11.9 Å². The van der Waals surface area contributed by atoms with Gasteiger partial charge >= 0.3 is 0 Å². The molecule has 1 heterocycles. The molecular weight excluding hydrogens is 170 g/mol. The van der Waals surface area contributed by atoms with Crippen molar-refractivity contribution in [2.75, 3.05) is 7.05 Å². The van der Waals surface area contributed by atoms with Gasteiger partial charge in [-0.15, -0.1) is 5.10 Å². The zero-order valence-corrected chi connectivity index (χ0v) is 7.69. The van der Waals surface area contributed by atoms with Gasteiger partial charge in [0.2, 0.25) is 5.91 Å². The number of rotatable bonds is 3. The van der Waals surface area contributed by atoms with Crippen molar-refractivity contribution < 1.29 is 4.79 Å². The number of aromatic nitrogens is 3. The Morgan fingerprint density at radius 1 is 1.85 bits per heavy atom. The van der Waals surface area contributed by atoms with E-state index in [1.807, 2.05) is 6.92 Å². The average Bonchev–Trinajstić information content (AvgIpc) is 2.52. The lowest BCUT2D eigenvalue weighted by Gasteiger charge is -1.98. The molecule has 13 heavy (non-hydrogen) atoms. The second-order valence-electron chi connectivity index (χ2n) is 2.80. The maximum Gasteiger partial charge on any atom is 0.241 e. The quantitative estimate of drug-likeness (QED) is 0.632. The Kier molecular flexibility index (Phi) is 2.97. The SMILES string of the molecule is CNC(=O)Cn1cc(C(C)N)nn1. The minimum Gasteiger partial charge on any atom is -0.358 e. The highest BCUT2D eigenvalue weighted by Crippen LogP contribution is 2.02. The Bertz CT molecular complexity index is 293. The molecule has 0 spiro atoms. The van der Waals surface area contributed by atoms with Crippen LogP contribution in [0.25, 0.3) is 0 Å². The zero-order valence-electron chi connectivity index (χ0n) is 7.69. The summed E-state index contributed by atoms with van der Waals surface area (Å²) in [5.74, 6) is -0.110. The molecule has 6 nitrogen and oxygen atoms in total. The predicted octanol–water partition coefficient (Wildman–Crippen LogP) is -0.956. The largest absolute Gasteiger partial charge is 0.358 e. The summed E-state index contributed by atoms with van der Waals surface area (Å²) in [5.41, 5.74) is 6.26. The zero-order chi connectivity index (χ0) is 9.84. The summed E-state index contributed by atoms with van der Waals surface area (Å²) < 4.78 is 1.46. The van der Waals surface area contributed by atoms with Gasteiger partial charge in [0.05, 0.1) is 11.9 Å². The van der Waals surface area contributed by atoms with E-state index in [9.17, 15) is 4.79 Å². The lowest BCUT2D eigenvalue weighted by molar-refractivity contribution is -0.121. The van der Waals surface area contributed by atoms with Gasteiger partial charge in [-0.1, -0.05) is 5.21 Å². The van der Waals surface area contributed by atoms with Crippen LogP contribution in [-0.2, 0) is 11.3 Å². The summed E-state index contributed by atoms with van der Waals surface area (Å²) in [4.78, 5) is 10.9. The number of carbonyl (C=O) groups is 1. The maximum absolute atomic E-state index is 10.9. The topological polar surface area (TPSA) is 85.8 Å². The minimum atomic E-state index is -0.154. The van der Waals surface area contributed by atoms with Crippen LogP contribution in [-0.4, -0.2) is 27.9 Å². The number of likely N-dealkylation sites (N-methyl/N-ethyl adjacent to an activating group) is 1. The first-order valence-corrected chi connectivity index (χ1v) is 3.99. The molecule has 0 aliphatic rings. The molecular formula is C7H13N5O. The summed E-state index contributed by atoms with van der Waals surface area (Å²) in [7, 11) is 1.58. The second-order valence-corrected chi connectivity index (χ2v) is 2.80. The van der Waals surface area contributed by atoms with Gasteiger partial charge in [-0.3, -0.25) is 4.79 Å². The molecule has 0 aliphatic carbocycles. The lowest BCUT2D eigenvalue weighted by Crippen LogP contribution is -2.23. The first-order valence-electron chi connectivity index (χ1n) is 3.99. The fraction of sp³-hybridized carbons (Fsp3) is 0.571. The first kappa shape index (κ1) is 9.66. The Morgan fingerprint density at radius 3 is 3.00 bits per heavy atom. The fourth-order valence-corrected chi connectivity index (χ4v) is 0.825. The highest BCUT2D eigenvalue weighted by Gasteiger charge is 2.06. The second kappa shape index (κ2) is 3.99. The average molecular weight is 183 g/mol. The number of carbonyl (C=O) groups excluding carboxylic acids is 1. The Hall–Kier alpha value is -1.43. The molecule has 0 radical (unpaired) electrons. The lowest BCUT2D eigenvalue weighted by atomic mass is 10.3. The van der Waals surface area contributed by atoms with E-state index in [0.717, 1.165) is 0 Å². The van der Waals surface area contributed by atoms with Gasteiger partial charge in [-0.05, 0) is 6.92 Å². The molecule has 1 aromatic heterocycles. The summed E-state index contributed by atoms with van der Waals surface area (Å²) in [5, 5.41) is 10.1. The predicted molar refractivity (Wildman–Crippen MR) is 46.7 cm³/mol. The third-order valence-electron chi connectivity index (χ3n) is 1.61. The molecule has 1 atom stereocenters. The number of nitrogens with zero attached hydrogens (tertiary/aromatic N) is 3. The summed E-state index contributed by atoms with van der Waals surface area (Å²) in [6.45, 7) is 1.99. The summed E-state index contributed by atoms with van der Waals surface area (Å²) >= 11 is 0. The highest BCUT2D eigenvalue weighted by molar-refractivity contribution is 5.75. The van der Waals surface area contributed by atoms with Crippen LogP contribution in [0.15, 0.2) is 6.20 Å². The van der Waals surface area contributed by atoms with Gasteiger partial charge in [-0.2, -0.15) is 0 Å². The standard InChI is InChI=1S/C7H13N5O/c1-5(8)6-3-12(11-10-6)4-7(13)9-2/h3,5H,4,8H2,1-2H3,(H,9,13). The Morgan fingerprint density at radius 2 is 2.54 bits per heavy atom. The Balaban J connectivity index is 2.64. The van der Waals surface area contributed by atoms with Crippen molar-refractivity contribution in [3.63, 3.8) is 0 Å². The van der Waals surface area contributed by atoms with E-state index in [2.05, 4.69) is 15.6 Å². The fourth-order valence-electron chi connectivity index (χ4n) is 0.825. The van der Waals surface area contributed by atoms with E-state index >= 15 is 0 Å². The molecule has 1 rings (SSSR count). The molecule has 6 heteroatoms. The molecule has 0 saturated carbocycles. The van der Waals surface area contributed by atoms with E-state index in [4.69, 9.17) is 5.73 Å². The van der Waals surface area contributed by atoms with Gasteiger partial charge in [0, 0.05) is 13.1 Å². The van der Waals surface area contributed by atoms with Gasteiger partial charge in [0.15, 0.2) is 0 Å². The molecule has 1 aromatic rings. The van der Waals surface area contributed by atoms with Crippen molar-refractivity contribution in [2.24, 2.45) is 5.73 Å². The monoisotopic (exact) mass is 183 g/mol. The molecule has 72 valence electrons. The van der Waals surface area contributed by atoms with Crippen molar-refractivity contribution in [3.8, 4) is 0 Å². The van der Waals surface area contributed by atoms with Crippen LogP contribution in [0.3, 0.4) is 0 Å². The van der Waals surface area contributed by atoms with E-state index in [-0.39, 0.29) is 18.5 Å². The Labute approximate surface area is 76.1 Å². The summed E-state index contributed by atoms with van der Waals surface area (Å²) in [6.07, 6.45) is 1.67. The molecule has 0 saturated heterocycles. The van der Waals surface area contributed by atoms with Crippen molar-refractivity contribution in [1.29, 1.82) is 0 Å². The van der Waals surface area contributed by atoms with Gasteiger partial charge in [-0.25, -0.2) is 4.68 Å². The minimum absolute atomic E-state index is 0.110. The number of hydrogen-bond acceptors (Lipinski definition) is 4. The number of hydrogen-bond donors (Lipinski definition) is 2. The third-order valence-corrected chi connectivity index (χ3v) is 1.61. The number of nitrogens with two attached hydrogens (primary N) is 1. The smallest absolute Gasteiger partial charge is 0.241 e. The van der Waals surface area contributed by atoms with Gasteiger partial charge < -0.3 is 11.1 Å². The number of nitrogens with one attached hydrogen (secondary N) is 1. The van der Waals surface area contributed by atoms with Crippen LogP contribution in [0.5, 0.6) is 0 Å². The molecule has 0 aliphatic heterocycles. The van der Waals surface area contributed by atoms with E-state index in [1.54, 1.807) is 13.2 Å². The van der Waals surface area contributed by atoms with E-state index in [1.165, 1.54) is 4.68 Å². The molecule has 0 aromatic carbocycles. The van der Waals surface area contributed by atoms with Crippen LogP contribution in [0, 0.1) is 0 Å². The molecule has 0 bridgehead atoms. The van der Waals surface area contributed by atoms with Crippen LogP contribution in [0.4, 0.5) is 0 Å². The van der Waals surface area contributed by atoms with E-state index in [0.29, 0.717) is 5.69 Å². The van der Waals surface area contributed by atoms with Gasteiger partial charge in [0.25, 0.3) is 0 Å². The number of amides is 1. The highest BCUT2D eigenvalue weighted by atomic mass is 16.1. The van der Waals surface area contributed by atoms with Crippen molar-refractivity contribution in [1.82, 2.24) is 20.3 Å².